The number of halogens is 3. The summed E-state index contributed by atoms with van der Waals surface area (Å²) in [5, 5.41) is 3.17. The molecule has 1 saturated carbocycles. The number of nitrogens with two attached hydrogens (primary N) is 1. The second-order valence-corrected chi connectivity index (χ2v) is 5.63. The first kappa shape index (κ1) is 13.7. The highest BCUT2D eigenvalue weighted by Gasteiger charge is 2.24. The van der Waals surface area contributed by atoms with Gasteiger partial charge in [-0.25, -0.2) is 8.78 Å². The Hall–Kier alpha value is -0.680. The summed E-state index contributed by atoms with van der Waals surface area (Å²) in [5.74, 6) is -0.781. The van der Waals surface area contributed by atoms with Gasteiger partial charge in [0.15, 0.2) is 0 Å². The van der Waals surface area contributed by atoms with E-state index in [0.29, 0.717) is 18.2 Å². The molecule has 0 bridgehead atoms. The van der Waals surface area contributed by atoms with Crippen molar-refractivity contribution in [3.63, 3.8) is 0 Å². The fraction of sp³-hybridized carbons (Fsp3) is 0.538. The van der Waals surface area contributed by atoms with Gasteiger partial charge in [-0.3, -0.25) is 0 Å². The third-order valence-electron chi connectivity index (χ3n) is 3.56. The maximum absolute atomic E-state index is 13.7. The summed E-state index contributed by atoms with van der Waals surface area (Å²) in [6, 6.07) is 2.52. The quantitative estimate of drug-likeness (QED) is 0.835. The molecule has 2 nitrogen and oxygen atoms in total. The van der Waals surface area contributed by atoms with Crippen LogP contribution in [-0.2, 0) is 0 Å². The van der Waals surface area contributed by atoms with Gasteiger partial charge < -0.3 is 11.1 Å². The molecule has 2 unspecified atom stereocenters. The van der Waals surface area contributed by atoms with Gasteiger partial charge in [-0.2, -0.15) is 0 Å². The molecule has 1 fully saturated rings. The van der Waals surface area contributed by atoms with Crippen molar-refractivity contribution in [3.05, 3.63) is 28.2 Å². The van der Waals surface area contributed by atoms with Crippen LogP contribution in [0.25, 0.3) is 0 Å². The van der Waals surface area contributed by atoms with Gasteiger partial charge in [0, 0.05) is 12.1 Å². The van der Waals surface area contributed by atoms with E-state index >= 15 is 0 Å². The molecule has 0 amide bonds. The largest absolute Gasteiger partial charge is 0.380 e. The van der Waals surface area contributed by atoms with E-state index in [2.05, 4.69) is 21.2 Å². The van der Waals surface area contributed by atoms with E-state index in [9.17, 15) is 8.78 Å². The minimum absolute atomic E-state index is 0.176. The molecule has 0 heterocycles. The first-order chi connectivity index (χ1) is 8.61. The molecule has 0 aliphatic heterocycles. The minimum Gasteiger partial charge on any atom is -0.380 e. The summed E-state index contributed by atoms with van der Waals surface area (Å²) < 4.78 is 27.1. The topological polar surface area (TPSA) is 38.0 Å². The SMILES string of the molecule is NCC1CCCCC1Nc1cc(Br)c(F)cc1F. The van der Waals surface area contributed by atoms with Gasteiger partial charge in [-0.05, 0) is 47.3 Å². The second kappa shape index (κ2) is 5.97. The second-order valence-electron chi connectivity index (χ2n) is 4.78. The fourth-order valence-electron chi connectivity index (χ4n) is 2.51. The van der Waals surface area contributed by atoms with Gasteiger partial charge in [-0.15, -0.1) is 0 Å². The van der Waals surface area contributed by atoms with E-state index in [0.717, 1.165) is 25.3 Å². The molecule has 0 radical (unpaired) electrons. The Labute approximate surface area is 114 Å². The molecule has 1 aliphatic carbocycles. The van der Waals surface area contributed by atoms with Crippen LogP contribution in [0.3, 0.4) is 0 Å². The van der Waals surface area contributed by atoms with E-state index in [1.807, 2.05) is 0 Å². The summed E-state index contributed by atoms with van der Waals surface area (Å²) in [6.45, 7) is 0.599. The zero-order valence-corrected chi connectivity index (χ0v) is 11.6. The monoisotopic (exact) mass is 318 g/mol. The molecule has 3 N–H and O–H groups in total. The number of anilines is 1. The predicted molar refractivity (Wildman–Crippen MR) is 72.5 cm³/mol. The number of rotatable bonds is 3. The van der Waals surface area contributed by atoms with Crippen LogP contribution in [0.1, 0.15) is 25.7 Å². The molecular formula is C13H17BrF2N2. The van der Waals surface area contributed by atoms with Crippen molar-refractivity contribution in [1.29, 1.82) is 0 Å². The highest BCUT2D eigenvalue weighted by Crippen LogP contribution is 2.29. The van der Waals surface area contributed by atoms with Crippen molar-refractivity contribution in [3.8, 4) is 0 Å². The zero-order chi connectivity index (χ0) is 13.1. The Bertz CT molecular complexity index is 426. The van der Waals surface area contributed by atoms with Gasteiger partial charge in [0.1, 0.15) is 11.6 Å². The third kappa shape index (κ3) is 3.01. The van der Waals surface area contributed by atoms with Gasteiger partial charge in [-0.1, -0.05) is 12.8 Å². The number of hydrogen-bond donors (Lipinski definition) is 2. The van der Waals surface area contributed by atoms with Crippen molar-refractivity contribution < 1.29 is 8.78 Å². The van der Waals surface area contributed by atoms with E-state index in [1.54, 1.807) is 0 Å². The van der Waals surface area contributed by atoms with Crippen LogP contribution in [0.5, 0.6) is 0 Å². The lowest BCUT2D eigenvalue weighted by Gasteiger charge is -2.32. The normalized spacial score (nSPS) is 24.0. The lowest BCUT2D eigenvalue weighted by molar-refractivity contribution is 0.332. The Kier molecular flexibility index (Phi) is 4.56. The van der Waals surface area contributed by atoms with Crippen LogP contribution >= 0.6 is 15.9 Å². The van der Waals surface area contributed by atoms with Gasteiger partial charge in [0.2, 0.25) is 0 Å². The molecule has 0 aromatic heterocycles. The smallest absolute Gasteiger partial charge is 0.149 e. The summed E-state index contributed by atoms with van der Waals surface area (Å²) >= 11 is 3.07. The first-order valence-corrected chi connectivity index (χ1v) is 7.02. The molecule has 1 aromatic rings. The standard InChI is InChI=1S/C13H17BrF2N2/c14-9-5-13(11(16)6-10(9)15)18-12-4-2-1-3-8(12)7-17/h5-6,8,12,18H,1-4,7,17H2. The predicted octanol–water partition coefficient (Wildman–Crippen LogP) is 3.66. The molecule has 2 atom stereocenters. The number of nitrogens with one attached hydrogen (secondary N) is 1. The van der Waals surface area contributed by atoms with E-state index < -0.39 is 11.6 Å². The minimum atomic E-state index is -0.586. The Balaban J connectivity index is 2.15. The number of hydrogen-bond acceptors (Lipinski definition) is 2. The Morgan fingerprint density at radius 2 is 1.94 bits per heavy atom. The summed E-state index contributed by atoms with van der Waals surface area (Å²) in [4.78, 5) is 0. The zero-order valence-electron chi connectivity index (χ0n) is 10.1. The van der Waals surface area contributed by atoms with Crippen molar-refractivity contribution in [2.45, 2.75) is 31.7 Å². The molecule has 2 rings (SSSR count). The van der Waals surface area contributed by atoms with Crippen molar-refractivity contribution >= 4 is 21.6 Å². The third-order valence-corrected chi connectivity index (χ3v) is 4.17. The molecule has 18 heavy (non-hydrogen) atoms. The van der Waals surface area contributed by atoms with Crippen molar-refractivity contribution in [2.24, 2.45) is 11.7 Å². The average Bonchev–Trinajstić information content (AvgIpc) is 2.36. The molecule has 100 valence electrons. The lowest BCUT2D eigenvalue weighted by Crippen LogP contribution is -2.36. The Morgan fingerprint density at radius 3 is 2.67 bits per heavy atom. The molecule has 1 aromatic carbocycles. The molecule has 0 saturated heterocycles. The van der Waals surface area contributed by atoms with E-state index in [1.165, 1.54) is 12.5 Å². The van der Waals surface area contributed by atoms with Gasteiger partial charge in [0.25, 0.3) is 0 Å². The lowest BCUT2D eigenvalue weighted by atomic mass is 9.84. The van der Waals surface area contributed by atoms with Crippen molar-refractivity contribution in [2.75, 3.05) is 11.9 Å². The fourth-order valence-corrected chi connectivity index (χ4v) is 2.86. The van der Waals surface area contributed by atoms with Gasteiger partial charge in [0.05, 0.1) is 10.2 Å². The summed E-state index contributed by atoms with van der Waals surface area (Å²) in [6.07, 6.45) is 4.35. The molecule has 5 heteroatoms. The van der Waals surface area contributed by atoms with Gasteiger partial charge >= 0.3 is 0 Å². The Morgan fingerprint density at radius 1 is 1.22 bits per heavy atom. The highest BCUT2D eigenvalue weighted by atomic mass is 79.9. The summed E-state index contributed by atoms with van der Waals surface area (Å²) in [5.41, 5.74) is 6.08. The first-order valence-electron chi connectivity index (χ1n) is 6.23. The van der Waals surface area contributed by atoms with Crippen LogP contribution in [-0.4, -0.2) is 12.6 Å². The average molecular weight is 319 g/mol. The van der Waals surface area contributed by atoms with E-state index in [4.69, 9.17) is 5.73 Å². The van der Waals surface area contributed by atoms with Crippen molar-refractivity contribution in [1.82, 2.24) is 0 Å². The van der Waals surface area contributed by atoms with Crippen LogP contribution in [0.4, 0.5) is 14.5 Å². The van der Waals surface area contributed by atoms with Crippen LogP contribution in [0.15, 0.2) is 16.6 Å². The maximum atomic E-state index is 13.7. The summed E-state index contributed by atoms with van der Waals surface area (Å²) in [7, 11) is 0. The van der Waals surface area contributed by atoms with Crippen LogP contribution in [0, 0.1) is 17.6 Å². The van der Waals surface area contributed by atoms with Crippen LogP contribution in [0.2, 0.25) is 0 Å². The molecule has 1 aliphatic rings. The van der Waals surface area contributed by atoms with Crippen LogP contribution < -0.4 is 11.1 Å². The molecular weight excluding hydrogens is 302 g/mol. The maximum Gasteiger partial charge on any atom is 0.149 e. The highest BCUT2D eigenvalue weighted by molar-refractivity contribution is 9.10. The molecule has 0 spiro atoms. The number of benzene rings is 1. The van der Waals surface area contributed by atoms with E-state index in [-0.39, 0.29) is 10.5 Å².